The smallest absolute Gasteiger partial charge is 0.326 e. The Morgan fingerprint density at radius 2 is 1.82 bits per heavy atom. The first kappa shape index (κ1) is 18.0. The third-order valence-corrected chi connectivity index (χ3v) is 3.44. The maximum Gasteiger partial charge on any atom is 0.326 e. The molecule has 1 rings (SSSR count). The summed E-state index contributed by atoms with van der Waals surface area (Å²) in [5.74, 6) is -1.15. The molecule has 0 fully saturated rings. The lowest BCUT2D eigenvalue weighted by atomic mass is 10.0. The highest BCUT2D eigenvalue weighted by atomic mass is 16.4. The molecule has 5 heteroatoms. The maximum atomic E-state index is 12.2. The molecule has 0 heterocycles. The quantitative estimate of drug-likeness (QED) is 0.775. The average molecular weight is 306 g/mol. The monoisotopic (exact) mass is 306 g/mol. The SMILES string of the molecule is CCCN(C)c1ccc(C(=O)N[C@@H](CC(C)C)C(=O)O)cc1. The Kier molecular flexibility index (Phi) is 6.89. The Labute approximate surface area is 132 Å². The van der Waals surface area contributed by atoms with Crippen LogP contribution >= 0.6 is 0 Å². The highest BCUT2D eigenvalue weighted by molar-refractivity contribution is 5.96. The summed E-state index contributed by atoms with van der Waals surface area (Å²) in [6.45, 7) is 6.92. The number of rotatable bonds is 8. The molecule has 2 N–H and O–H groups in total. The van der Waals surface area contributed by atoms with E-state index in [1.54, 1.807) is 12.1 Å². The zero-order valence-corrected chi connectivity index (χ0v) is 13.8. The van der Waals surface area contributed by atoms with Gasteiger partial charge in [-0.05, 0) is 43.0 Å². The van der Waals surface area contributed by atoms with Crippen molar-refractivity contribution in [3.05, 3.63) is 29.8 Å². The fourth-order valence-corrected chi connectivity index (χ4v) is 2.27. The first-order chi connectivity index (χ1) is 10.3. The van der Waals surface area contributed by atoms with Crippen molar-refractivity contribution >= 4 is 17.6 Å². The van der Waals surface area contributed by atoms with E-state index in [4.69, 9.17) is 0 Å². The van der Waals surface area contributed by atoms with Gasteiger partial charge in [-0.3, -0.25) is 4.79 Å². The van der Waals surface area contributed by atoms with E-state index >= 15 is 0 Å². The summed E-state index contributed by atoms with van der Waals surface area (Å²) >= 11 is 0. The number of carboxylic acids is 1. The maximum absolute atomic E-state index is 12.2. The van der Waals surface area contributed by atoms with E-state index in [2.05, 4.69) is 17.1 Å². The molecule has 0 unspecified atom stereocenters. The summed E-state index contributed by atoms with van der Waals surface area (Å²) in [6.07, 6.45) is 1.46. The normalized spacial score (nSPS) is 12.0. The standard InChI is InChI=1S/C17H26N2O3/c1-5-10-19(4)14-8-6-13(7-9-14)16(20)18-15(17(21)22)11-12(2)3/h6-9,12,15H,5,10-11H2,1-4H3,(H,18,20)(H,21,22)/t15-/m0/s1. The molecule has 0 aliphatic carbocycles. The van der Waals surface area contributed by atoms with Crippen LogP contribution in [0.1, 0.15) is 44.0 Å². The lowest BCUT2D eigenvalue weighted by Gasteiger charge is -2.19. The lowest BCUT2D eigenvalue weighted by Crippen LogP contribution is -2.41. The molecular weight excluding hydrogens is 280 g/mol. The summed E-state index contributed by atoms with van der Waals surface area (Å²) in [6, 6.07) is 6.36. The molecule has 1 aromatic rings. The third kappa shape index (κ3) is 5.39. The fraction of sp³-hybridized carbons (Fsp3) is 0.529. The van der Waals surface area contributed by atoms with Crippen LogP contribution in [0.4, 0.5) is 5.69 Å². The van der Waals surface area contributed by atoms with Crippen LogP contribution in [-0.4, -0.2) is 36.6 Å². The number of carbonyl (C=O) groups excluding carboxylic acids is 1. The van der Waals surface area contributed by atoms with E-state index in [1.807, 2.05) is 33.0 Å². The van der Waals surface area contributed by atoms with Crippen LogP contribution < -0.4 is 10.2 Å². The first-order valence-corrected chi connectivity index (χ1v) is 7.70. The average Bonchev–Trinajstić information content (AvgIpc) is 2.46. The summed E-state index contributed by atoms with van der Waals surface area (Å²) in [5.41, 5.74) is 1.51. The second-order valence-electron chi connectivity index (χ2n) is 5.96. The molecule has 0 bridgehead atoms. The summed E-state index contributed by atoms with van der Waals surface area (Å²) in [7, 11) is 2.00. The number of amides is 1. The van der Waals surface area contributed by atoms with Gasteiger partial charge in [0.2, 0.25) is 0 Å². The molecule has 0 saturated carbocycles. The van der Waals surface area contributed by atoms with Gasteiger partial charge in [0.05, 0.1) is 0 Å². The molecule has 1 amide bonds. The largest absolute Gasteiger partial charge is 0.480 e. The van der Waals surface area contributed by atoms with Gasteiger partial charge in [-0.25, -0.2) is 4.79 Å². The molecule has 0 spiro atoms. The van der Waals surface area contributed by atoms with Gasteiger partial charge in [-0.2, -0.15) is 0 Å². The van der Waals surface area contributed by atoms with E-state index in [1.165, 1.54) is 0 Å². The summed E-state index contributed by atoms with van der Waals surface area (Å²) < 4.78 is 0. The number of carboxylic acid groups (broad SMARTS) is 1. The molecule has 0 aromatic heterocycles. The van der Waals surface area contributed by atoms with Crippen molar-refractivity contribution in [2.24, 2.45) is 5.92 Å². The molecule has 0 aliphatic rings. The fourth-order valence-electron chi connectivity index (χ4n) is 2.27. The van der Waals surface area contributed by atoms with Crippen LogP contribution in [-0.2, 0) is 4.79 Å². The van der Waals surface area contributed by atoms with Crippen molar-refractivity contribution in [3.63, 3.8) is 0 Å². The molecule has 122 valence electrons. The van der Waals surface area contributed by atoms with Crippen molar-refractivity contribution in [3.8, 4) is 0 Å². The van der Waals surface area contributed by atoms with E-state index in [9.17, 15) is 14.7 Å². The minimum absolute atomic E-state index is 0.200. The van der Waals surface area contributed by atoms with Gasteiger partial charge in [0.25, 0.3) is 5.91 Å². The van der Waals surface area contributed by atoms with Crippen LogP contribution in [0.15, 0.2) is 24.3 Å². The Bertz CT molecular complexity index is 497. The van der Waals surface area contributed by atoms with Crippen molar-refractivity contribution in [2.45, 2.75) is 39.7 Å². The van der Waals surface area contributed by atoms with Gasteiger partial charge in [-0.1, -0.05) is 20.8 Å². The third-order valence-electron chi connectivity index (χ3n) is 3.44. The summed E-state index contributed by atoms with van der Waals surface area (Å²) in [5, 5.41) is 11.8. The molecular formula is C17H26N2O3. The molecule has 0 saturated heterocycles. The minimum Gasteiger partial charge on any atom is -0.480 e. The van der Waals surface area contributed by atoms with Crippen molar-refractivity contribution in [1.29, 1.82) is 0 Å². The predicted octanol–water partition coefficient (Wildman–Crippen LogP) is 2.76. The lowest BCUT2D eigenvalue weighted by molar-refractivity contribution is -0.139. The molecule has 0 radical (unpaired) electrons. The number of nitrogens with one attached hydrogen (secondary N) is 1. The number of hydrogen-bond donors (Lipinski definition) is 2. The predicted molar refractivity (Wildman–Crippen MR) is 88.3 cm³/mol. The topological polar surface area (TPSA) is 69.6 Å². The van der Waals surface area contributed by atoms with E-state index < -0.39 is 12.0 Å². The van der Waals surface area contributed by atoms with Gasteiger partial charge in [0.1, 0.15) is 6.04 Å². The van der Waals surface area contributed by atoms with Crippen LogP contribution in [0.2, 0.25) is 0 Å². The molecule has 1 atom stereocenters. The zero-order chi connectivity index (χ0) is 16.7. The van der Waals surface area contributed by atoms with Crippen LogP contribution in [0, 0.1) is 5.92 Å². The van der Waals surface area contributed by atoms with Crippen LogP contribution in [0.3, 0.4) is 0 Å². The number of hydrogen-bond acceptors (Lipinski definition) is 3. The molecule has 5 nitrogen and oxygen atoms in total. The number of benzene rings is 1. The van der Waals surface area contributed by atoms with Crippen molar-refractivity contribution in [2.75, 3.05) is 18.5 Å². The number of nitrogens with zero attached hydrogens (tertiary/aromatic N) is 1. The van der Waals surface area contributed by atoms with Gasteiger partial charge in [0.15, 0.2) is 0 Å². The van der Waals surface area contributed by atoms with Gasteiger partial charge >= 0.3 is 5.97 Å². The van der Waals surface area contributed by atoms with Gasteiger partial charge in [0, 0.05) is 24.8 Å². The van der Waals surface area contributed by atoms with Gasteiger partial charge < -0.3 is 15.3 Å². The summed E-state index contributed by atoms with van der Waals surface area (Å²) in [4.78, 5) is 25.5. The number of aliphatic carboxylic acids is 1. The molecule has 22 heavy (non-hydrogen) atoms. The van der Waals surface area contributed by atoms with E-state index in [0.717, 1.165) is 18.7 Å². The van der Waals surface area contributed by atoms with E-state index in [0.29, 0.717) is 12.0 Å². The molecule has 1 aromatic carbocycles. The zero-order valence-electron chi connectivity index (χ0n) is 13.8. The number of carbonyl (C=O) groups is 2. The Hall–Kier alpha value is -2.04. The van der Waals surface area contributed by atoms with Crippen molar-refractivity contribution < 1.29 is 14.7 Å². The first-order valence-electron chi connectivity index (χ1n) is 7.70. The minimum atomic E-state index is -0.999. The Morgan fingerprint density at radius 1 is 1.23 bits per heavy atom. The van der Waals surface area contributed by atoms with E-state index in [-0.39, 0.29) is 11.8 Å². The van der Waals surface area contributed by atoms with Crippen LogP contribution in [0.5, 0.6) is 0 Å². The highest BCUT2D eigenvalue weighted by Gasteiger charge is 2.21. The van der Waals surface area contributed by atoms with Crippen molar-refractivity contribution in [1.82, 2.24) is 5.32 Å². The second kappa shape index (κ2) is 8.41. The second-order valence-corrected chi connectivity index (χ2v) is 5.96. The highest BCUT2D eigenvalue weighted by Crippen LogP contribution is 2.14. The van der Waals surface area contributed by atoms with Crippen LogP contribution in [0.25, 0.3) is 0 Å². The number of anilines is 1. The Balaban J connectivity index is 2.74. The molecule has 0 aliphatic heterocycles. The van der Waals surface area contributed by atoms with Gasteiger partial charge in [-0.15, -0.1) is 0 Å². The Morgan fingerprint density at radius 3 is 2.27 bits per heavy atom.